The van der Waals surface area contributed by atoms with Crippen LogP contribution >= 0.6 is 0 Å². The Morgan fingerprint density at radius 2 is 2.39 bits per heavy atom. The summed E-state index contributed by atoms with van der Waals surface area (Å²) in [5, 5.41) is 12.3. The molecule has 0 saturated carbocycles. The molecule has 0 spiro atoms. The minimum absolute atomic E-state index is 0.436. The minimum Gasteiger partial charge on any atom is -0.344 e. The van der Waals surface area contributed by atoms with Crippen LogP contribution in [-0.4, -0.2) is 36.6 Å². The Balaban J connectivity index is 2.05. The van der Waals surface area contributed by atoms with E-state index in [1.807, 2.05) is 18.9 Å². The standard InChI is InChI=1S/C13H19N5/c1-10-6-12(7-14)17-13(16-10)18(2)9-11-4-3-5-15-8-11/h6,11,15H,3-5,8-9H2,1-2H3. The molecule has 2 rings (SSSR count). The lowest BCUT2D eigenvalue weighted by molar-refractivity contribution is 0.380. The number of rotatable bonds is 3. The molecule has 2 heterocycles. The highest BCUT2D eigenvalue weighted by molar-refractivity contribution is 5.35. The fourth-order valence-corrected chi connectivity index (χ4v) is 2.33. The van der Waals surface area contributed by atoms with Gasteiger partial charge in [0.1, 0.15) is 11.8 Å². The van der Waals surface area contributed by atoms with Crippen LogP contribution in [0, 0.1) is 24.2 Å². The van der Waals surface area contributed by atoms with Crippen LogP contribution in [0.15, 0.2) is 6.07 Å². The summed E-state index contributed by atoms with van der Waals surface area (Å²) in [6.45, 7) is 5.00. The quantitative estimate of drug-likeness (QED) is 0.863. The molecule has 1 aliphatic heterocycles. The summed E-state index contributed by atoms with van der Waals surface area (Å²) in [6, 6.07) is 3.78. The zero-order valence-electron chi connectivity index (χ0n) is 11.0. The van der Waals surface area contributed by atoms with Crippen molar-refractivity contribution in [1.29, 1.82) is 5.26 Å². The van der Waals surface area contributed by atoms with E-state index in [1.54, 1.807) is 6.07 Å². The maximum absolute atomic E-state index is 8.92. The van der Waals surface area contributed by atoms with E-state index in [1.165, 1.54) is 12.8 Å². The topological polar surface area (TPSA) is 64.8 Å². The molecule has 1 aliphatic rings. The number of nitrogens with one attached hydrogen (secondary N) is 1. The number of nitrogens with zero attached hydrogens (tertiary/aromatic N) is 4. The number of anilines is 1. The van der Waals surface area contributed by atoms with E-state index < -0.39 is 0 Å². The van der Waals surface area contributed by atoms with E-state index in [4.69, 9.17) is 5.26 Å². The number of hydrogen-bond donors (Lipinski definition) is 1. The molecular weight excluding hydrogens is 226 g/mol. The smallest absolute Gasteiger partial charge is 0.226 e. The van der Waals surface area contributed by atoms with Gasteiger partial charge < -0.3 is 10.2 Å². The van der Waals surface area contributed by atoms with Crippen LogP contribution < -0.4 is 10.2 Å². The monoisotopic (exact) mass is 245 g/mol. The molecule has 0 radical (unpaired) electrons. The van der Waals surface area contributed by atoms with Crippen molar-refractivity contribution in [3.63, 3.8) is 0 Å². The van der Waals surface area contributed by atoms with E-state index in [0.717, 1.165) is 25.3 Å². The second-order valence-electron chi connectivity index (χ2n) is 4.90. The van der Waals surface area contributed by atoms with Crippen molar-refractivity contribution >= 4 is 5.95 Å². The van der Waals surface area contributed by atoms with E-state index in [9.17, 15) is 0 Å². The van der Waals surface area contributed by atoms with Crippen LogP contribution in [0.3, 0.4) is 0 Å². The van der Waals surface area contributed by atoms with Crippen molar-refractivity contribution in [2.75, 3.05) is 31.6 Å². The third-order valence-corrected chi connectivity index (χ3v) is 3.23. The molecule has 0 bridgehead atoms. The Hall–Kier alpha value is -1.67. The second-order valence-corrected chi connectivity index (χ2v) is 4.90. The third-order valence-electron chi connectivity index (χ3n) is 3.23. The molecule has 1 N–H and O–H groups in total. The first-order chi connectivity index (χ1) is 8.69. The predicted octanol–water partition coefficient (Wildman–Crippen LogP) is 1.09. The van der Waals surface area contributed by atoms with Gasteiger partial charge in [-0.25, -0.2) is 9.97 Å². The molecule has 1 aromatic rings. The molecule has 1 aromatic heterocycles. The lowest BCUT2D eigenvalue weighted by Gasteiger charge is -2.27. The van der Waals surface area contributed by atoms with Gasteiger partial charge in [0.25, 0.3) is 0 Å². The summed E-state index contributed by atoms with van der Waals surface area (Å²) in [5.74, 6) is 1.29. The van der Waals surface area contributed by atoms with Gasteiger partial charge in [-0.1, -0.05) is 0 Å². The lowest BCUT2D eigenvalue weighted by atomic mass is 9.99. The van der Waals surface area contributed by atoms with Gasteiger partial charge in [-0.15, -0.1) is 0 Å². The summed E-state index contributed by atoms with van der Waals surface area (Å²) in [5.41, 5.74) is 1.27. The highest BCUT2D eigenvalue weighted by atomic mass is 15.2. The van der Waals surface area contributed by atoms with Crippen LogP contribution in [0.1, 0.15) is 24.2 Å². The number of aromatic nitrogens is 2. The summed E-state index contributed by atoms with van der Waals surface area (Å²) in [7, 11) is 1.99. The van der Waals surface area contributed by atoms with E-state index >= 15 is 0 Å². The molecule has 0 amide bonds. The molecule has 1 saturated heterocycles. The Bertz CT molecular complexity index is 445. The molecule has 0 aromatic carbocycles. The number of hydrogen-bond acceptors (Lipinski definition) is 5. The van der Waals surface area contributed by atoms with E-state index in [0.29, 0.717) is 17.6 Å². The molecule has 5 heteroatoms. The van der Waals surface area contributed by atoms with Crippen LogP contribution in [0.4, 0.5) is 5.95 Å². The van der Waals surface area contributed by atoms with Crippen molar-refractivity contribution in [3.8, 4) is 6.07 Å². The average Bonchev–Trinajstić information content (AvgIpc) is 2.39. The van der Waals surface area contributed by atoms with Gasteiger partial charge in [-0.05, 0) is 44.8 Å². The largest absolute Gasteiger partial charge is 0.344 e. The van der Waals surface area contributed by atoms with Crippen LogP contribution in [-0.2, 0) is 0 Å². The molecule has 0 aliphatic carbocycles. The highest BCUT2D eigenvalue weighted by Crippen LogP contribution is 2.15. The first kappa shape index (κ1) is 12.8. The van der Waals surface area contributed by atoms with Gasteiger partial charge in [0.2, 0.25) is 5.95 Å². The van der Waals surface area contributed by atoms with Crippen molar-refractivity contribution in [3.05, 3.63) is 17.5 Å². The van der Waals surface area contributed by atoms with E-state index in [-0.39, 0.29) is 0 Å². The van der Waals surface area contributed by atoms with Gasteiger partial charge in [-0.3, -0.25) is 0 Å². The molecule has 5 nitrogen and oxygen atoms in total. The summed E-state index contributed by atoms with van der Waals surface area (Å²) in [4.78, 5) is 10.7. The molecule has 1 fully saturated rings. The summed E-state index contributed by atoms with van der Waals surface area (Å²) in [6.07, 6.45) is 2.48. The van der Waals surface area contributed by atoms with Gasteiger partial charge in [0.15, 0.2) is 0 Å². The molecule has 18 heavy (non-hydrogen) atoms. The number of aryl methyl sites for hydroxylation is 1. The van der Waals surface area contributed by atoms with Gasteiger partial charge in [0, 0.05) is 19.3 Å². The molecular formula is C13H19N5. The zero-order valence-corrected chi connectivity index (χ0v) is 11.0. The Kier molecular flexibility index (Phi) is 4.11. The Labute approximate surface area is 108 Å². The van der Waals surface area contributed by atoms with Crippen molar-refractivity contribution < 1.29 is 0 Å². The van der Waals surface area contributed by atoms with Crippen LogP contribution in [0.25, 0.3) is 0 Å². The first-order valence-electron chi connectivity index (χ1n) is 6.36. The maximum atomic E-state index is 8.92. The predicted molar refractivity (Wildman–Crippen MR) is 70.3 cm³/mol. The third kappa shape index (κ3) is 3.17. The van der Waals surface area contributed by atoms with Crippen molar-refractivity contribution in [2.24, 2.45) is 5.92 Å². The zero-order chi connectivity index (χ0) is 13.0. The number of piperidine rings is 1. The molecule has 1 atom stereocenters. The van der Waals surface area contributed by atoms with Crippen LogP contribution in [0.2, 0.25) is 0 Å². The van der Waals surface area contributed by atoms with Gasteiger partial charge >= 0.3 is 0 Å². The second kappa shape index (κ2) is 5.78. The Morgan fingerprint density at radius 1 is 1.56 bits per heavy atom. The van der Waals surface area contributed by atoms with Crippen LogP contribution in [0.5, 0.6) is 0 Å². The Morgan fingerprint density at radius 3 is 3.06 bits per heavy atom. The SMILES string of the molecule is Cc1cc(C#N)nc(N(C)CC2CCCNC2)n1. The van der Waals surface area contributed by atoms with E-state index in [2.05, 4.69) is 21.4 Å². The van der Waals surface area contributed by atoms with Crippen molar-refractivity contribution in [1.82, 2.24) is 15.3 Å². The lowest BCUT2D eigenvalue weighted by Crippen LogP contribution is -2.37. The fraction of sp³-hybridized carbons (Fsp3) is 0.615. The normalized spacial score (nSPS) is 19.3. The van der Waals surface area contributed by atoms with Gasteiger partial charge in [0.05, 0.1) is 0 Å². The molecule has 96 valence electrons. The van der Waals surface area contributed by atoms with Crippen molar-refractivity contribution in [2.45, 2.75) is 19.8 Å². The molecule has 1 unspecified atom stereocenters. The summed E-state index contributed by atoms with van der Waals surface area (Å²) >= 11 is 0. The minimum atomic E-state index is 0.436. The number of nitriles is 1. The first-order valence-corrected chi connectivity index (χ1v) is 6.36. The fourth-order valence-electron chi connectivity index (χ4n) is 2.33. The highest BCUT2D eigenvalue weighted by Gasteiger charge is 2.16. The van der Waals surface area contributed by atoms with Gasteiger partial charge in [-0.2, -0.15) is 5.26 Å². The maximum Gasteiger partial charge on any atom is 0.226 e. The summed E-state index contributed by atoms with van der Waals surface area (Å²) < 4.78 is 0. The average molecular weight is 245 g/mol.